The molecule has 0 radical (unpaired) electrons. The van der Waals surface area contributed by atoms with E-state index in [2.05, 4.69) is 53.4 Å². The van der Waals surface area contributed by atoms with Crippen LogP contribution in [0, 0.1) is 6.92 Å². The van der Waals surface area contributed by atoms with Crippen molar-refractivity contribution in [1.82, 2.24) is 20.1 Å². The van der Waals surface area contributed by atoms with Gasteiger partial charge in [-0.15, -0.1) is 0 Å². The summed E-state index contributed by atoms with van der Waals surface area (Å²) in [6, 6.07) is 6.19. The van der Waals surface area contributed by atoms with Gasteiger partial charge in [-0.25, -0.2) is 0 Å². The van der Waals surface area contributed by atoms with Gasteiger partial charge in [0.2, 0.25) is 0 Å². The molecule has 0 spiro atoms. The minimum absolute atomic E-state index is 0.914. The van der Waals surface area contributed by atoms with Crippen molar-refractivity contribution in [2.45, 2.75) is 13.5 Å². The van der Waals surface area contributed by atoms with E-state index in [4.69, 9.17) is 0 Å². The minimum atomic E-state index is 0.914. The summed E-state index contributed by atoms with van der Waals surface area (Å²) >= 11 is 0. The highest BCUT2D eigenvalue weighted by atomic mass is 15.1. The van der Waals surface area contributed by atoms with E-state index in [9.17, 15) is 0 Å². The van der Waals surface area contributed by atoms with Crippen LogP contribution in [0.2, 0.25) is 0 Å². The van der Waals surface area contributed by atoms with Crippen molar-refractivity contribution < 1.29 is 0 Å². The molecule has 102 valence electrons. The molecule has 0 bridgehead atoms. The molecule has 0 aliphatic carbocycles. The third-order valence-electron chi connectivity index (χ3n) is 2.78. The molecule has 0 fully saturated rings. The quantitative estimate of drug-likeness (QED) is 0.697. The average molecular weight is 250 g/mol. The zero-order chi connectivity index (χ0) is 13.4. The zero-order valence-electron chi connectivity index (χ0n) is 12.1. The van der Waals surface area contributed by atoms with E-state index in [-0.39, 0.29) is 0 Å². The van der Waals surface area contributed by atoms with E-state index in [1.807, 2.05) is 13.0 Å². The Labute approximate surface area is 111 Å². The van der Waals surface area contributed by atoms with Gasteiger partial charge < -0.3 is 10.2 Å². The summed E-state index contributed by atoms with van der Waals surface area (Å²) in [5.74, 6) is 0. The van der Waals surface area contributed by atoms with Crippen molar-refractivity contribution in [2.75, 3.05) is 47.3 Å². The molecule has 1 rings (SSSR count). The number of aromatic nitrogens is 1. The molecule has 1 N–H and O–H groups in total. The van der Waals surface area contributed by atoms with Crippen LogP contribution in [0.3, 0.4) is 0 Å². The van der Waals surface area contributed by atoms with Crippen LogP contribution in [0.4, 0.5) is 0 Å². The van der Waals surface area contributed by atoms with Crippen LogP contribution in [0.15, 0.2) is 18.2 Å². The van der Waals surface area contributed by atoms with Crippen molar-refractivity contribution in [3.63, 3.8) is 0 Å². The fourth-order valence-electron chi connectivity index (χ4n) is 1.74. The molecule has 0 saturated carbocycles. The van der Waals surface area contributed by atoms with Crippen LogP contribution < -0.4 is 5.32 Å². The summed E-state index contributed by atoms with van der Waals surface area (Å²) in [7, 11) is 6.33. The predicted molar refractivity (Wildman–Crippen MR) is 76.7 cm³/mol. The summed E-state index contributed by atoms with van der Waals surface area (Å²) in [6.07, 6.45) is 0. The topological polar surface area (TPSA) is 31.4 Å². The fourth-order valence-corrected chi connectivity index (χ4v) is 1.74. The Bertz CT molecular complexity index is 338. The molecule has 1 heterocycles. The maximum Gasteiger partial charge on any atom is 0.0547 e. The second-order valence-electron chi connectivity index (χ2n) is 5.06. The molecular formula is C14H26N4. The van der Waals surface area contributed by atoms with Crippen LogP contribution in [0.25, 0.3) is 0 Å². The number of nitrogens with one attached hydrogen (secondary N) is 1. The van der Waals surface area contributed by atoms with Crippen molar-refractivity contribution in [3.8, 4) is 0 Å². The number of rotatable bonds is 8. The first-order chi connectivity index (χ1) is 8.58. The smallest absolute Gasteiger partial charge is 0.0547 e. The molecule has 0 amide bonds. The van der Waals surface area contributed by atoms with Gasteiger partial charge in [0.1, 0.15) is 0 Å². The Morgan fingerprint density at radius 3 is 2.50 bits per heavy atom. The lowest BCUT2D eigenvalue weighted by molar-refractivity contribution is 0.315. The molecule has 4 nitrogen and oxygen atoms in total. The van der Waals surface area contributed by atoms with E-state index in [0.29, 0.717) is 0 Å². The van der Waals surface area contributed by atoms with Crippen molar-refractivity contribution >= 4 is 0 Å². The molecule has 0 atom stereocenters. The lowest BCUT2D eigenvalue weighted by Crippen LogP contribution is -2.33. The maximum atomic E-state index is 4.51. The summed E-state index contributed by atoms with van der Waals surface area (Å²) in [4.78, 5) is 9.00. The number of likely N-dealkylation sites (N-methyl/N-ethyl adjacent to an activating group) is 2. The molecule has 18 heavy (non-hydrogen) atoms. The number of aryl methyl sites for hydroxylation is 1. The SMILES string of the molecule is Cc1cccc(CN(C)CCNCCN(C)C)n1. The minimum Gasteiger partial charge on any atom is -0.314 e. The van der Waals surface area contributed by atoms with E-state index in [1.165, 1.54) is 0 Å². The van der Waals surface area contributed by atoms with E-state index in [1.54, 1.807) is 0 Å². The highest BCUT2D eigenvalue weighted by Gasteiger charge is 2.01. The molecule has 0 aromatic carbocycles. The largest absolute Gasteiger partial charge is 0.314 e. The summed E-state index contributed by atoms with van der Waals surface area (Å²) in [6.45, 7) is 7.15. The Hall–Kier alpha value is -0.970. The van der Waals surface area contributed by atoms with E-state index in [0.717, 1.165) is 44.1 Å². The third-order valence-corrected chi connectivity index (χ3v) is 2.78. The van der Waals surface area contributed by atoms with Gasteiger partial charge >= 0.3 is 0 Å². The number of hydrogen-bond acceptors (Lipinski definition) is 4. The van der Waals surface area contributed by atoms with Gasteiger partial charge in [-0.1, -0.05) is 6.07 Å². The fraction of sp³-hybridized carbons (Fsp3) is 0.643. The first kappa shape index (κ1) is 15.1. The summed E-state index contributed by atoms with van der Waals surface area (Å²) in [5.41, 5.74) is 2.23. The first-order valence-corrected chi connectivity index (χ1v) is 6.54. The van der Waals surface area contributed by atoms with Gasteiger partial charge in [0.05, 0.1) is 5.69 Å². The second-order valence-corrected chi connectivity index (χ2v) is 5.06. The van der Waals surface area contributed by atoms with Crippen molar-refractivity contribution in [1.29, 1.82) is 0 Å². The van der Waals surface area contributed by atoms with Crippen LogP contribution in [-0.2, 0) is 6.54 Å². The van der Waals surface area contributed by atoms with Gasteiger partial charge in [0.15, 0.2) is 0 Å². The van der Waals surface area contributed by atoms with E-state index < -0.39 is 0 Å². The second kappa shape index (κ2) is 8.19. The van der Waals surface area contributed by atoms with E-state index >= 15 is 0 Å². The van der Waals surface area contributed by atoms with Crippen molar-refractivity contribution in [3.05, 3.63) is 29.6 Å². The highest BCUT2D eigenvalue weighted by molar-refractivity contribution is 5.09. The average Bonchev–Trinajstić information content (AvgIpc) is 2.28. The molecule has 0 unspecified atom stereocenters. The van der Waals surface area contributed by atoms with Crippen LogP contribution in [-0.4, -0.2) is 62.1 Å². The molecule has 0 saturated heterocycles. The van der Waals surface area contributed by atoms with Gasteiger partial charge in [-0.3, -0.25) is 9.88 Å². The summed E-state index contributed by atoms with van der Waals surface area (Å²) in [5, 5.41) is 3.44. The van der Waals surface area contributed by atoms with Crippen molar-refractivity contribution in [2.24, 2.45) is 0 Å². The Morgan fingerprint density at radius 1 is 1.11 bits per heavy atom. The molecule has 1 aromatic heterocycles. The number of nitrogens with zero attached hydrogens (tertiary/aromatic N) is 3. The maximum absolute atomic E-state index is 4.51. The Balaban J connectivity index is 2.16. The number of hydrogen-bond donors (Lipinski definition) is 1. The van der Waals surface area contributed by atoms with Gasteiger partial charge in [0.25, 0.3) is 0 Å². The third kappa shape index (κ3) is 6.69. The predicted octanol–water partition coefficient (Wildman–Crippen LogP) is 0.973. The lowest BCUT2D eigenvalue weighted by atomic mass is 10.3. The lowest BCUT2D eigenvalue weighted by Gasteiger charge is -2.17. The molecule has 0 aliphatic heterocycles. The van der Waals surface area contributed by atoms with Gasteiger partial charge in [-0.05, 0) is 40.2 Å². The Morgan fingerprint density at radius 2 is 1.83 bits per heavy atom. The first-order valence-electron chi connectivity index (χ1n) is 6.54. The molecule has 0 aliphatic rings. The zero-order valence-corrected chi connectivity index (χ0v) is 12.1. The normalized spacial score (nSPS) is 11.4. The number of pyridine rings is 1. The van der Waals surface area contributed by atoms with Crippen LogP contribution in [0.5, 0.6) is 0 Å². The summed E-state index contributed by atoms with van der Waals surface area (Å²) < 4.78 is 0. The van der Waals surface area contributed by atoms with Gasteiger partial charge in [0, 0.05) is 38.4 Å². The van der Waals surface area contributed by atoms with Crippen LogP contribution >= 0.6 is 0 Å². The molecule has 4 heteroatoms. The monoisotopic (exact) mass is 250 g/mol. The molecule has 1 aromatic rings. The van der Waals surface area contributed by atoms with Gasteiger partial charge in [-0.2, -0.15) is 0 Å². The highest BCUT2D eigenvalue weighted by Crippen LogP contribution is 2.01. The standard InChI is InChI=1S/C14H26N4/c1-13-6-5-7-14(16-13)12-18(4)11-9-15-8-10-17(2)3/h5-7,15H,8-12H2,1-4H3. The Kier molecular flexibility index (Phi) is 6.86. The molecular weight excluding hydrogens is 224 g/mol. The van der Waals surface area contributed by atoms with Crippen LogP contribution in [0.1, 0.15) is 11.4 Å².